The van der Waals surface area contributed by atoms with Crippen LogP contribution in [0.1, 0.15) is 10.4 Å². The van der Waals surface area contributed by atoms with Gasteiger partial charge in [-0.15, -0.1) is 6.42 Å². The summed E-state index contributed by atoms with van der Waals surface area (Å²) in [5.74, 6) is 1.84. The Morgan fingerprint density at radius 1 is 0.696 bits per heavy atom. The van der Waals surface area contributed by atoms with Gasteiger partial charge in [-0.25, -0.2) is 0 Å². The zero-order valence-corrected chi connectivity index (χ0v) is 12.5. The Labute approximate surface area is 136 Å². The van der Waals surface area contributed by atoms with E-state index in [-0.39, 0.29) is 5.78 Å². The minimum absolute atomic E-state index is 0.303. The van der Waals surface area contributed by atoms with E-state index < -0.39 is 0 Å². The number of carbonyl (C=O) groups excluding carboxylic acids is 1. The predicted octanol–water partition coefficient (Wildman–Crippen LogP) is 4.97. The average Bonchev–Trinajstić information content (AvgIpc) is 2.64. The average molecular weight is 297 g/mol. The van der Waals surface area contributed by atoms with Crippen molar-refractivity contribution in [2.75, 3.05) is 4.90 Å². The molecule has 0 heterocycles. The third-order valence-electron chi connectivity index (χ3n) is 3.55. The first-order valence-electron chi connectivity index (χ1n) is 7.31. The molecule has 0 amide bonds. The molecule has 0 saturated heterocycles. The van der Waals surface area contributed by atoms with E-state index in [0.717, 1.165) is 17.1 Å². The van der Waals surface area contributed by atoms with Gasteiger partial charge in [-0.05, 0) is 54.5 Å². The Balaban J connectivity index is 2.06. The van der Waals surface area contributed by atoms with E-state index in [9.17, 15) is 4.79 Å². The lowest BCUT2D eigenvalue weighted by Gasteiger charge is -2.25. The van der Waals surface area contributed by atoms with E-state index in [2.05, 4.69) is 10.8 Å². The summed E-state index contributed by atoms with van der Waals surface area (Å²) in [6.45, 7) is 0. The molecule has 0 radical (unpaired) electrons. The summed E-state index contributed by atoms with van der Waals surface area (Å²) >= 11 is 0. The summed E-state index contributed by atoms with van der Waals surface area (Å²) in [6.07, 6.45) is 5.17. The maximum absolute atomic E-state index is 11.6. The molecule has 23 heavy (non-hydrogen) atoms. The number of Topliss-reactive ketones (excluding diaryl/α,β-unsaturated/α-hetero) is 1. The third-order valence-corrected chi connectivity index (χ3v) is 3.55. The molecular weight excluding hydrogens is 282 g/mol. The van der Waals surface area contributed by atoms with Crippen LogP contribution < -0.4 is 4.90 Å². The number of para-hydroxylation sites is 2. The Hall–Kier alpha value is -3.31. The summed E-state index contributed by atoms with van der Waals surface area (Å²) in [6, 6.07) is 27.5. The van der Waals surface area contributed by atoms with Crippen molar-refractivity contribution in [2.45, 2.75) is 0 Å². The van der Waals surface area contributed by atoms with Gasteiger partial charge in [-0.1, -0.05) is 36.4 Å². The van der Waals surface area contributed by atoms with Crippen LogP contribution in [-0.2, 0) is 0 Å². The van der Waals surface area contributed by atoms with Gasteiger partial charge in [0, 0.05) is 22.6 Å². The molecule has 0 bridgehead atoms. The zero-order valence-electron chi connectivity index (χ0n) is 12.5. The Morgan fingerprint density at radius 2 is 1.13 bits per heavy atom. The molecule has 0 saturated carbocycles. The van der Waals surface area contributed by atoms with Gasteiger partial charge in [0.15, 0.2) is 0 Å². The smallest absolute Gasteiger partial charge is 0.235 e. The molecule has 0 aliphatic carbocycles. The summed E-state index contributed by atoms with van der Waals surface area (Å²) in [5, 5.41) is 0. The third kappa shape index (κ3) is 3.14. The fourth-order valence-electron chi connectivity index (χ4n) is 2.45. The fraction of sp³-hybridized carbons (Fsp3) is 0. The van der Waals surface area contributed by atoms with Crippen LogP contribution in [-0.4, -0.2) is 5.78 Å². The van der Waals surface area contributed by atoms with Crippen LogP contribution in [0, 0.1) is 12.3 Å². The highest BCUT2D eigenvalue weighted by molar-refractivity contribution is 6.08. The lowest BCUT2D eigenvalue weighted by molar-refractivity contribution is 0.105. The monoisotopic (exact) mass is 297 g/mol. The molecule has 0 spiro atoms. The molecule has 0 atom stereocenters. The van der Waals surface area contributed by atoms with Gasteiger partial charge >= 0.3 is 0 Å². The van der Waals surface area contributed by atoms with Crippen molar-refractivity contribution in [1.29, 1.82) is 0 Å². The molecule has 0 N–H and O–H groups in total. The molecule has 3 aromatic rings. The molecule has 0 unspecified atom stereocenters. The first-order chi connectivity index (χ1) is 11.3. The Bertz CT molecular complexity index is 791. The quantitative estimate of drug-likeness (QED) is 0.385. The van der Waals surface area contributed by atoms with Crippen LogP contribution in [0.25, 0.3) is 0 Å². The molecule has 2 heteroatoms. The number of hydrogen-bond acceptors (Lipinski definition) is 2. The lowest BCUT2D eigenvalue weighted by Crippen LogP contribution is -2.09. The number of rotatable bonds is 4. The van der Waals surface area contributed by atoms with Crippen molar-refractivity contribution < 1.29 is 4.79 Å². The van der Waals surface area contributed by atoms with Gasteiger partial charge in [0.1, 0.15) is 0 Å². The van der Waals surface area contributed by atoms with Gasteiger partial charge in [0.05, 0.1) is 0 Å². The maximum Gasteiger partial charge on any atom is 0.235 e. The molecule has 110 valence electrons. The van der Waals surface area contributed by atoms with Crippen molar-refractivity contribution in [3.05, 3.63) is 90.5 Å². The Morgan fingerprint density at radius 3 is 1.57 bits per heavy atom. The van der Waals surface area contributed by atoms with E-state index in [1.54, 1.807) is 12.1 Å². The van der Waals surface area contributed by atoms with Gasteiger partial charge < -0.3 is 4.90 Å². The number of benzene rings is 3. The minimum atomic E-state index is -0.303. The van der Waals surface area contributed by atoms with Gasteiger partial charge in [-0.2, -0.15) is 0 Å². The van der Waals surface area contributed by atoms with Crippen LogP contribution in [0.5, 0.6) is 0 Å². The summed E-state index contributed by atoms with van der Waals surface area (Å²) < 4.78 is 0. The second kappa shape index (κ2) is 6.64. The number of ketones is 1. The van der Waals surface area contributed by atoms with Crippen LogP contribution in [0.3, 0.4) is 0 Å². The molecule has 0 aromatic heterocycles. The number of terminal acetylenes is 1. The van der Waals surface area contributed by atoms with Crippen LogP contribution in [0.2, 0.25) is 0 Å². The first-order valence-corrected chi connectivity index (χ1v) is 7.31. The van der Waals surface area contributed by atoms with Gasteiger partial charge in [0.25, 0.3) is 0 Å². The molecule has 0 aliphatic heterocycles. The van der Waals surface area contributed by atoms with E-state index in [0.29, 0.717) is 5.56 Å². The lowest BCUT2D eigenvalue weighted by atomic mass is 10.1. The largest absolute Gasteiger partial charge is 0.311 e. The second-order valence-corrected chi connectivity index (χ2v) is 5.03. The number of hydrogen-bond donors (Lipinski definition) is 0. The fourth-order valence-corrected chi connectivity index (χ4v) is 2.45. The topological polar surface area (TPSA) is 20.3 Å². The zero-order chi connectivity index (χ0) is 16.1. The van der Waals surface area contributed by atoms with Crippen molar-refractivity contribution >= 4 is 22.8 Å². The van der Waals surface area contributed by atoms with Crippen LogP contribution in [0.4, 0.5) is 17.1 Å². The van der Waals surface area contributed by atoms with E-state index in [1.807, 2.05) is 72.8 Å². The second-order valence-electron chi connectivity index (χ2n) is 5.03. The molecule has 2 nitrogen and oxygen atoms in total. The van der Waals surface area contributed by atoms with Gasteiger partial charge in [0.2, 0.25) is 5.78 Å². The highest BCUT2D eigenvalue weighted by Crippen LogP contribution is 2.33. The highest BCUT2D eigenvalue weighted by atomic mass is 16.1. The normalized spacial score (nSPS) is 9.87. The SMILES string of the molecule is C#CC(=O)c1ccc(N(c2ccccc2)c2ccccc2)cc1. The van der Waals surface area contributed by atoms with E-state index in [4.69, 9.17) is 6.42 Å². The van der Waals surface area contributed by atoms with Crippen molar-refractivity contribution in [3.63, 3.8) is 0 Å². The Kier molecular flexibility index (Phi) is 4.22. The minimum Gasteiger partial charge on any atom is -0.311 e. The van der Waals surface area contributed by atoms with E-state index in [1.165, 1.54) is 0 Å². The summed E-state index contributed by atoms with van der Waals surface area (Å²) in [7, 11) is 0. The standard InChI is InChI=1S/C21H15NO/c1-2-21(23)17-13-15-20(16-14-17)22(18-9-5-3-6-10-18)19-11-7-4-8-12-19/h1,3-16H. The van der Waals surface area contributed by atoms with Crippen LogP contribution >= 0.6 is 0 Å². The summed E-state index contributed by atoms with van der Waals surface area (Å²) in [5.41, 5.74) is 3.60. The molecular formula is C21H15NO. The van der Waals surface area contributed by atoms with Crippen molar-refractivity contribution in [2.24, 2.45) is 0 Å². The maximum atomic E-state index is 11.6. The number of anilines is 3. The molecule has 3 rings (SSSR count). The van der Waals surface area contributed by atoms with Crippen molar-refractivity contribution in [3.8, 4) is 12.3 Å². The highest BCUT2D eigenvalue weighted by Gasteiger charge is 2.12. The van der Waals surface area contributed by atoms with Crippen LogP contribution in [0.15, 0.2) is 84.9 Å². The number of nitrogens with zero attached hydrogens (tertiary/aromatic N) is 1. The summed E-state index contributed by atoms with van der Waals surface area (Å²) in [4.78, 5) is 13.7. The predicted molar refractivity (Wildman–Crippen MR) is 94.3 cm³/mol. The number of carbonyl (C=O) groups is 1. The van der Waals surface area contributed by atoms with Crippen molar-refractivity contribution in [1.82, 2.24) is 0 Å². The molecule has 0 fully saturated rings. The molecule has 3 aromatic carbocycles. The molecule has 0 aliphatic rings. The first kappa shape index (κ1) is 14.6. The van der Waals surface area contributed by atoms with E-state index >= 15 is 0 Å². The van der Waals surface area contributed by atoms with Gasteiger partial charge in [-0.3, -0.25) is 4.79 Å².